The number of nitrogens with two attached hydrogens (primary N) is 1. The summed E-state index contributed by atoms with van der Waals surface area (Å²) in [6.45, 7) is 8.68. The van der Waals surface area contributed by atoms with E-state index in [0.29, 0.717) is 12.5 Å². The number of nitrogens with one attached hydrogen (secondary N) is 1. The average Bonchev–Trinajstić information content (AvgIpc) is 2.84. The van der Waals surface area contributed by atoms with Gasteiger partial charge in [0.25, 0.3) is 0 Å². The van der Waals surface area contributed by atoms with Crippen molar-refractivity contribution in [2.75, 3.05) is 6.54 Å². The normalized spacial score (nSPS) is 14.4. The molecule has 0 saturated heterocycles. The van der Waals surface area contributed by atoms with E-state index in [4.69, 9.17) is 5.73 Å². The van der Waals surface area contributed by atoms with Crippen molar-refractivity contribution in [1.82, 2.24) is 10.3 Å². The SMILES string of the molecule is CCc1cnc(C(C)NC(=O)C(CN)CC(C)C)s1. The van der Waals surface area contributed by atoms with Crippen LogP contribution in [0.4, 0.5) is 0 Å². The van der Waals surface area contributed by atoms with Gasteiger partial charge in [0, 0.05) is 17.6 Å². The molecule has 0 saturated carbocycles. The minimum Gasteiger partial charge on any atom is -0.347 e. The van der Waals surface area contributed by atoms with Crippen molar-refractivity contribution in [3.63, 3.8) is 0 Å². The van der Waals surface area contributed by atoms with E-state index in [1.54, 1.807) is 11.3 Å². The molecule has 0 aliphatic rings. The van der Waals surface area contributed by atoms with Gasteiger partial charge in [-0.05, 0) is 25.7 Å². The fourth-order valence-electron chi connectivity index (χ4n) is 1.96. The number of hydrogen-bond acceptors (Lipinski definition) is 4. The third-order valence-corrected chi connectivity index (χ3v) is 4.38. The van der Waals surface area contributed by atoms with Crippen LogP contribution in [-0.2, 0) is 11.2 Å². The number of carbonyl (C=O) groups is 1. The quantitative estimate of drug-likeness (QED) is 0.808. The van der Waals surface area contributed by atoms with Crippen molar-refractivity contribution in [2.45, 2.75) is 46.6 Å². The van der Waals surface area contributed by atoms with Gasteiger partial charge < -0.3 is 11.1 Å². The molecule has 4 nitrogen and oxygen atoms in total. The van der Waals surface area contributed by atoms with E-state index >= 15 is 0 Å². The molecule has 3 N–H and O–H groups in total. The summed E-state index contributed by atoms with van der Waals surface area (Å²) >= 11 is 1.66. The molecule has 1 aromatic heterocycles. The van der Waals surface area contributed by atoms with Gasteiger partial charge in [-0.2, -0.15) is 0 Å². The molecule has 0 aliphatic carbocycles. The Morgan fingerprint density at radius 2 is 2.16 bits per heavy atom. The zero-order chi connectivity index (χ0) is 14.4. The van der Waals surface area contributed by atoms with Crippen molar-refractivity contribution < 1.29 is 4.79 Å². The molecule has 1 aromatic rings. The first kappa shape index (κ1) is 16.1. The van der Waals surface area contributed by atoms with Gasteiger partial charge in [0.15, 0.2) is 0 Å². The standard InChI is InChI=1S/C14H25N3OS/c1-5-12-8-16-14(19-12)10(4)17-13(18)11(7-15)6-9(2)3/h8-11H,5-7,15H2,1-4H3,(H,17,18). The van der Waals surface area contributed by atoms with Crippen LogP contribution in [0.1, 0.15) is 50.0 Å². The highest BCUT2D eigenvalue weighted by molar-refractivity contribution is 7.11. The molecule has 5 heteroatoms. The maximum atomic E-state index is 12.2. The van der Waals surface area contributed by atoms with Gasteiger partial charge in [0.2, 0.25) is 5.91 Å². The first-order chi connectivity index (χ1) is 8.97. The summed E-state index contributed by atoms with van der Waals surface area (Å²) in [5.74, 6) is 0.408. The van der Waals surface area contributed by atoms with Gasteiger partial charge in [-0.15, -0.1) is 11.3 Å². The summed E-state index contributed by atoms with van der Waals surface area (Å²) in [7, 11) is 0. The third kappa shape index (κ3) is 4.91. The molecule has 108 valence electrons. The molecule has 2 unspecified atom stereocenters. The minimum atomic E-state index is -0.104. The Kier molecular flexibility index (Phi) is 6.45. The van der Waals surface area contributed by atoms with Crippen LogP contribution in [0.15, 0.2) is 6.20 Å². The maximum absolute atomic E-state index is 12.2. The zero-order valence-electron chi connectivity index (χ0n) is 12.3. The lowest BCUT2D eigenvalue weighted by Crippen LogP contribution is -2.37. The maximum Gasteiger partial charge on any atom is 0.224 e. The van der Waals surface area contributed by atoms with Crippen LogP contribution < -0.4 is 11.1 Å². The first-order valence-electron chi connectivity index (χ1n) is 6.92. The largest absolute Gasteiger partial charge is 0.347 e. The lowest BCUT2D eigenvalue weighted by Gasteiger charge is -2.19. The second-order valence-corrected chi connectivity index (χ2v) is 6.46. The van der Waals surface area contributed by atoms with Gasteiger partial charge in [-0.25, -0.2) is 4.98 Å². The van der Waals surface area contributed by atoms with E-state index < -0.39 is 0 Å². The summed E-state index contributed by atoms with van der Waals surface area (Å²) in [5.41, 5.74) is 5.69. The van der Waals surface area contributed by atoms with E-state index in [1.165, 1.54) is 4.88 Å². The zero-order valence-corrected chi connectivity index (χ0v) is 13.1. The topological polar surface area (TPSA) is 68.0 Å². The van der Waals surface area contributed by atoms with E-state index in [-0.39, 0.29) is 17.9 Å². The third-order valence-electron chi connectivity index (χ3n) is 3.06. The lowest BCUT2D eigenvalue weighted by atomic mass is 9.96. The van der Waals surface area contributed by atoms with Crippen molar-refractivity contribution in [1.29, 1.82) is 0 Å². The second-order valence-electron chi connectivity index (χ2n) is 5.31. The molecule has 0 spiro atoms. The van der Waals surface area contributed by atoms with E-state index in [0.717, 1.165) is 17.8 Å². The van der Waals surface area contributed by atoms with Gasteiger partial charge in [-0.1, -0.05) is 20.8 Å². The number of rotatable bonds is 7. The Bertz CT molecular complexity index is 403. The highest BCUT2D eigenvalue weighted by Crippen LogP contribution is 2.21. The van der Waals surface area contributed by atoms with E-state index in [1.807, 2.05) is 13.1 Å². The number of carbonyl (C=O) groups excluding carboxylic acids is 1. The number of aromatic nitrogens is 1. The first-order valence-corrected chi connectivity index (χ1v) is 7.74. The summed E-state index contributed by atoms with van der Waals surface area (Å²) in [4.78, 5) is 17.8. The van der Waals surface area contributed by atoms with Crippen molar-refractivity contribution in [3.8, 4) is 0 Å². The Morgan fingerprint density at radius 3 is 2.63 bits per heavy atom. The number of hydrogen-bond donors (Lipinski definition) is 2. The van der Waals surface area contributed by atoms with Gasteiger partial charge in [0.05, 0.1) is 12.0 Å². The van der Waals surface area contributed by atoms with Crippen LogP contribution >= 0.6 is 11.3 Å². The molecule has 0 aliphatic heterocycles. The highest BCUT2D eigenvalue weighted by atomic mass is 32.1. The summed E-state index contributed by atoms with van der Waals surface area (Å²) in [6.07, 6.45) is 3.70. The van der Waals surface area contributed by atoms with Crippen LogP contribution in [0.3, 0.4) is 0 Å². The predicted molar refractivity (Wildman–Crippen MR) is 80.0 cm³/mol. The lowest BCUT2D eigenvalue weighted by molar-refractivity contribution is -0.125. The Labute approximate surface area is 119 Å². The van der Waals surface area contributed by atoms with E-state index in [2.05, 4.69) is 31.1 Å². The number of nitrogens with zero attached hydrogens (tertiary/aromatic N) is 1. The monoisotopic (exact) mass is 283 g/mol. The minimum absolute atomic E-state index is 0.0388. The van der Waals surface area contributed by atoms with E-state index in [9.17, 15) is 4.79 Å². The van der Waals surface area contributed by atoms with Crippen LogP contribution in [0.25, 0.3) is 0 Å². The average molecular weight is 283 g/mol. The van der Waals surface area contributed by atoms with Crippen molar-refractivity contribution >= 4 is 17.2 Å². The Balaban J connectivity index is 2.59. The number of thiazole rings is 1. The molecular weight excluding hydrogens is 258 g/mol. The highest BCUT2D eigenvalue weighted by Gasteiger charge is 2.21. The summed E-state index contributed by atoms with van der Waals surface area (Å²) < 4.78 is 0. The molecule has 19 heavy (non-hydrogen) atoms. The van der Waals surface area contributed by atoms with Crippen LogP contribution in [-0.4, -0.2) is 17.4 Å². The molecule has 1 amide bonds. The molecule has 1 heterocycles. The van der Waals surface area contributed by atoms with Crippen LogP contribution in [0.2, 0.25) is 0 Å². The van der Waals surface area contributed by atoms with Crippen LogP contribution in [0.5, 0.6) is 0 Å². The molecule has 0 bridgehead atoms. The summed E-state index contributed by atoms with van der Waals surface area (Å²) in [5, 5.41) is 3.98. The fourth-order valence-corrected chi connectivity index (χ4v) is 2.82. The molecule has 0 aromatic carbocycles. The van der Waals surface area contributed by atoms with Crippen molar-refractivity contribution in [3.05, 3.63) is 16.1 Å². The smallest absolute Gasteiger partial charge is 0.224 e. The van der Waals surface area contributed by atoms with Crippen LogP contribution in [0, 0.1) is 11.8 Å². The molecular formula is C14H25N3OS. The Hall–Kier alpha value is -0.940. The van der Waals surface area contributed by atoms with Gasteiger partial charge >= 0.3 is 0 Å². The predicted octanol–water partition coefficient (Wildman–Crippen LogP) is 2.50. The van der Waals surface area contributed by atoms with Gasteiger partial charge in [-0.3, -0.25) is 4.79 Å². The number of aryl methyl sites for hydroxylation is 1. The Morgan fingerprint density at radius 1 is 1.47 bits per heavy atom. The number of amides is 1. The van der Waals surface area contributed by atoms with Gasteiger partial charge in [0.1, 0.15) is 5.01 Å². The van der Waals surface area contributed by atoms with Crippen molar-refractivity contribution in [2.24, 2.45) is 17.6 Å². The second kappa shape index (κ2) is 7.60. The molecule has 1 rings (SSSR count). The molecule has 0 fully saturated rings. The summed E-state index contributed by atoms with van der Waals surface area (Å²) in [6, 6.07) is -0.0426. The molecule has 2 atom stereocenters. The molecule has 0 radical (unpaired) electrons. The fraction of sp³-hybridized carbons (Fsp3) is 0.714.